The number of carbonyl (C=O) groups excluding carboxylic acids is 1. The smallest absolute Gasteiger partial charge is 0.219 e. The Morgan fingerprint density at radius 1 is 1.29 bits per heavy atom. The fourth-order valence-corrected chi connectivity index (χ4v) is 6.41. The molecule has 7 heteroatoms. The molecule has 0 spiro atoms. The van der Waals surface area contributed by atoms with Crippen molar-refractivity contribution in [3.8, 4) is 0 Å². The summed E-state index contributed by atoms with van der Waals surface area (Å²) < 4.78 is 18.8. The van der Waals surface area contributed by atoms with Gasteiger partial charge in [0.1, 0.15) is 5.82 Å². The first-order chi connectivity index (χ1) is 15.0. The van der Waals surface area contributed by atoms with E-state index >= 15 is 0 Å². The van der Waals surface area contributed by atoms with E-state index in [-0.39, 0.29) is 11.7 Å². The Morgan fingerprint density at radius 2 is 2.10 bits per heavy atom. The maximum Gasteiger partial charge on any atom is 0.219 e. The summed E-state index contributed by atoms with van der Waals surface area (Å²) in [6, 6.07) is 4.69. The number of aryl methyl sites for hydroxylation is 1. The van der Waals surface area contributed by atoms with Crippen LogP contribution in [0.2, 0.25) is 0 Å². The molecule has 5 rings (SSSR count). The molecule has 0 aliphatic carbocycles. The van der Waals surface area contributed by atoms with Crippen LogP contribution in [0.15, 0.2) is 22.7 Å². The Hall–Kier alpha value is -2.25. The van der Waals surface area contributed by atoms with E-state index in [2.05, 4.69) is 17.0 Å². The van der Waals surface area contributed by atoms with Crippen molar-refractivity contribution in [2.75, 3.05) is 26.2 Å². The van der Waals surface area contributed by atoms with Crippen molar-refractivity contribution in [1.82, 2.24) is 15.0 Å². The van der Waals surface area contributed by atoms with Crippen LogP contribution in [0.5, 0.6) is 0 Å². The molecule has 31 heavy (non-hydrogen) atoms. The van der Waals surface area contributed by atoms with Crippen molar-refractivity contribution in [3.63, 3.8) is 0 Å². The summed E-state index contributed by atoms with van der Waals surface area (Å²) in [5.41, 5.74) is 4.52. The van der Waals surface area contributed by atoms with Crippen LogP contribution in [0, 0.1) is 12.7 Å². The average Bonchev–Trinajstić information content (AvgIpc) is 3.31. The van der Waals surface area contributed by atoms with E-state index in [1.807, 2.05) is 16.2 Å². The van der Waals surface area contributed by atoms with Gasteiger partial charge in [0.25, 0.3) is 0 Å². The first-order valence-corrected chi connectivity index (χ1v) is 11.9. The van der Waals surface area contributed by atoms with Crippen LogP contribution in [-0.2, 0) is 24.2 Å². The van der Waals surface area contributed by atoms with E-state index in [0.717, 1.165) is 69.5 Å². The fourth-order valence-electron chi connectivity index (χ4n) is 5.13. The van der Waals surface area contributed by atoms with Gasteiger partial charge in [-0.05, 0) is 69.0 Å². The van der Waals surface area contributed by atoms with Crippen molar-refractivity contribution in [2.45, 2.75) is 52.0 Å². The second kappa shape index (κ2) is 8.36. The Kier molecular flexibility index (Phi) is 5.56. The van der Waals surface area contributed by atoms with E-state index in [9.17, 15) is 9.18 Å². The monoisotopic (exact) mass is 441 g/mol. The Labute approximate surface area is 185 Å². The lowest BCUT2D eigenvalue weighted by molar-refractivity contribution is -0.129. The molecule has 2 aromatic heterocycles. The predicted molar refractivity (Wildman–Crippen MR) is 120 cm³/mol. The summed E-state index contributed by atoms with van der Waals surface area (Å²) >= 11 is 1.87. The number of hydrogen-bond acceptors (Lipinski definition) is 5. The summed E-state index contributed by atoms with van der Waals surface area (Å²) in [6.07, 6.45) is 4.16. The molecule has 2 aliphatic rings. The minimum absolute atomic E-state index is 0.172. The van der Waals surface area contributed by atoms with Gasteiger partial charge in [-0.2, -0.15) is 0 Å². The van der Waals surface area contributed by atoms with Crippen LogP contribution < -0.4 is 0 Å². The minimum Gasteiger partial charge on any atom is -0.356 e. The summed E-state index contributed by atoms with van der Waals surface area (Å²) in [6.45, 7) is 8.66. The molecule has 0 N–H and O–H groups in total. The fraction of sp³-hybridized carbons (Fsp3) is 0.500. The predicted octanol–water partition coefficient (Wildman–Crippen LogP) is 4.66. The lowest BCUT2D eigenvalue weighted by Gasteiger charge is -2.31. The van der Waals surface area contributed by atoms with E-state index in [1.54, 1.807) is 13.0 Å². The van der Waals surface area contributed by atoms with Crippen molar-refractivity contribution < 1.29 is 13.7 Å². The Morgan fingerprint density at radius 3 is 2.87 bits per heavy atom. The number of amides is 1. The molecule has 0 bridgehead atoms. The molecule has 1 saturated heterocycles. The maximum atomic E-state index is 13.4. The highest BCUT2D eigenvalue weighted by Gasteiger charge is 2.27. The van der Waals surface area contributed by atoms with Crippen molar-refractivity contribution in [3.05, 3.63) is 50.6 Å². The van der Waals surface area contributed by atoms with Crippen LogP contribution >= 0.6 is 11.3 Å². The second-order valence-electron chi connectivity index (χ2n) is 8.80. The molecule has 164 valence electrons. The molecular weight excluding hydrogens is 413 g/mol. The number of aromatic nitrogens is 1. The van der Waals surface area contributed by atoms with Crippen molar-refractivity contribution in [1.29, 1.82) is 0 Å². The molecular formula is C24H28FN3O2S. The molecule has 3 aromatic rings. The van der Waals surface area contributed by atoms with Crippen molar-refractivity contribution >= 4 is 28.2 Å². The molecule has 2 aliphatic heterocycles. The molecule has 1 amide bonds. The standard InChI is InChI=1S/C24H28FN3O2S/c1-15-19(20-8-12-28(16(2)29)14-23(20)31-15)7-11-27-9-5-17(6-10-27)24-21-4-3-18(25)13-22(21)30-26-24/h3-4,13,17H,5-12,14H2,1-2H3. The number of likely N-dealkylation sites (tertiary alicyclic amines) is 1. The number of thiophene rings is 1. The van der Waals surface area contributed by atoms with E-state index in [1.165, 1.54) is 33.0 Å². The molecule has 1 fully saturated rings. The maximum absolute atomic E-state index is 13.4. The first-order valence-electron chi connectivity index (χ1n) is 11.1. The number of carbonyl (C=O) groups is 1. The van der Waals surface area contributed by atoms with Gasteiger partial charge in [0, 0.05) is 47.1 Å². The van der Waals surface area contributed by atoms with Gasteiger partial charge in [0.05, 0.1) is 12.2 Å². The number of fused-ring (bicyclic) bond motifs is 2. The van der Waals surface area contributed by atoms with Gasteiger partial charge in [-0.15, -0.1) is 11.3 Å². The molecule has 0 saturated carbocycles. The molecule has 4 heterocycles. The molecule has 0 atom stereocenters. The van der Waals surface area contributed by atoms with E-state index in [4.69, 9.17) is 4.52 Å². The number of nitrogens with zero attached hydrogens (tertiary/aromatic N) is 3. The van der Waals surface area contributed by atoms with Gasteiger partial charge in [-0.25, -0.2) is 4.39 Å². The Balaban J connectivity index is 1.20. The van der Waals surface area contributed by atoms with E-state index < -0.39 is 0 Å². The molecule has 5 nitrogen and oxygen atoms in total. The first kappa shape index (κ1) is 20.6. The quantitative estimate of drug-likeness (QED) is 0.591. The normalized spacial score (nSPS) is 18.0. The summed E-state index contributed by atoms with van der Waals surface area (Å²) in [7, 11) is 0. The number of rotatable bonds is 4. The minimum atomic E-state index is -0.287. The lowest BCUT2D eigenvalue weighted by atomic mass is 9.91. The molecule has 0 unspecified atom stereocenters. The van der Waals surface area contributed by atoms with Crippen LogP contribution in [-0.4, -0.2) is 47.0 Å². The lowest BCUT2D eigenvalue weighted by Crippen LogP contribution is -2.35. The third kappa shape index (κ3) is 4.01. The topological polar surface area (TPSA) is 49.6 Å². The second-order valence-corrected chi connectivity index (χ2v) is 10.1. The van der Waals surface area contributed by atoms with Gasteiger partial charge < -0.3 is 14.3 Å². The van der Waals surface area contributed by atoms with Crippen LogP contribution in [0.1, 0.15) is 52.3 Å². The summed E-state index contributed by atoms with van der Waals surface area (Å²) in [5, 5.41) is 5.21. The van der Waals surface area contributed by atoms with Crippen LogP contribution in [0.25, 0.3) is 11.0 Å². The third-order valence-electron chi connectivity index (χ3n) is 6.93. The zero-order valence-corrected chi connectivity index (χ0v) is 18.9. The zero-order chi connectivity index (χ0) is 21.5. The summed E-state index contributed by atoms with van der Waals surface area (Å²) in [5.74, 6) is 0.257. The highest BCUT2D eigenvalue weighted by molar-refractivity contribution is 7.12. The zero-order valence-electron chi connectivity index (χ0n) is 18.1. The number of halogens is 1. The SMILES string of the molecule is CC(=O)N1CCc2c(sc(C)c2CCN2CCC(c3noc4cc(F)ccc34)CC2)C1. The van der Waals surface area contributed by atoms with Crippen molar-refractivity contribution in [2.24, 2.45) is 0 Å². The van der Waals surface area contributed by atoms with Gasteiger partial charge in [-0.1, -0.05) is 5.16 Å². The van der Waals surface area contributed by atoms with Gasteiger partial charge in [-0.3, -0.25) is 4.79 Å². The van der Waals surface area contributed by atoms with Crippen LogP contribution in [0.3, 0.4) is 0 Å². The highest BCUT2D eigenvalue weighted by Crippen LogP contribution is 2.35. The van der Waals surface area contributed by atoms with Gasteiger partial charge in [0.15, 0.2) is 5.58 Å². The van der Waals surface area contributed by atoms with Gasteiger partial charge >= 0.3 is 0 Å². The largest absolute Gasteiger partial charge is 0.356 e. The van der Waals surface area contributed by atoms with Crippen LogP contribution in [0.4, 0.5) is 4.39 Å². The highest BCUT2D eigenvalue weighted by atomic mass is 32.1. The number of piperidine rings is 1. The summed E-state index contributed by atoms with van der Waals surface area (Å²) in [4.78, 5) is 19.0. The third-order valence-corrected chi connectivity index (χ3v) is 8.10. The Bertz CT molecular complexity index is 1110. The number of benzene rings is 1. The molecule has 1 aromatic carbocycles. The number of hydrogen-bond donors (Lipinski definition) is 0. The van der Waals surface area contributed by atoms with Gasteiger partial charge in [0.2, 0.25) is 5.91 Å². The average molecular weight is 442 g/mol. The molecule has 0 radical (unpaired) electrons. The van der Waals surface area contributed by atoms with E-state index in [0.29, 0.717) is 11.5 Å².